The molecule has 1 nitrogen and oxygen atoms in total. The quantitative estimate of drug-likeness (QED) is 0.794. The highest BCUT2D eigenvalue weighted by Crippen LogP contribution is 2.15. The van der Waals surface area contributed by atoms with Gasteiger partial charge in [-0.1, -0.05) is 37.6 Å². The zero-order valence-electron chi connectivity index (χ0n) is 10.5. The Morgan fingerprint density at radius 2 is 2.00 bits per heavy atom. The summed E-state index contributed by atoms with van der Waals surface area (Å²) in [7, 11) is 2.04. The topological polar surface area (TPSA) is 12.0 Å². The van der Waals surface area contributed by atoms with Gasteiger partial charge in [-0.15, -0.1) is 0 Å². The average Bonchev–Trinajstić information content (AvgIpc) is 2.24. The normalized spacial score (nSPS) is 13.1. The second-order valence-electron chi connectivity index (χ2n) is 4.79. The maximum Gasteiger partial charge on any atom is 0.0408 e. The van der Waals surface area contributed by atoms with Crippen LogP contribution in [-0.4, -0.2) is 13.1 Å². The standard InChI is InChI=1S/C14H22ClN/c1-11(2)7-8-14(16-3)10-12-5-4-6-13(15)9-12/h4-6,9,11,14,16H,7-8,10H2,1-3H3. The highest BCUT2D eigenvalue weighted by atomic mass is 35.5. The zero-order valence-corrected chi connectivity index (χ0v) is 11.2. The summed E-state index contributed by atoms with van der Waals surface area (Å²) in [6.07, 6.45) is 3.55. The molecule has 0 saturated carbocycles. The van der Waals surface area contributed by atoms with Gasteiger partial charge in [0.2, 0.25) is 0 Å². The molecule has 0 amide bonds. The molecule has 1 aromatic rings. The summed E-state index contributed by atoms with van der Waals surface area (Å²) in [5.74, 6) is 0.773. The van der Waals surface area contributed by atoms with Crippen LogP contribution < -0.4 is 5.32 Å². The third-order valence-corrected chi connectivity index (χ3v) is 3.11. The summed E-state index contributed by atoms with van der Waals surface area (Å²) in [5.41, 5.74) is 1.32. The Bertz CT molecular complexity index is 309. The van der Waals surface area contributed by atoms with Crippen LogP contribution in [0.25, 0.3) is 0 Å². The lowest BCUT2D eigenvalue weighted by atomic mass is 9.98. The molecular weight excluding hydrogens is 218 g/mol. The summed E-state index contributed by atoms with van der Waals surface area (Å²) >= 11 is 5.98. The first kappa shape index (κ1) is 13.5. The maximum atomic E-state index is 5.98. The van der Waals surface area contributed by atoms with Gasteiger partial charge in [0, 0.05) is 11.1 Å². The molecule has 0 spiro atoms. The van der Waals surface area contributed by atoms with Crippen molar-refractivity contribution in [3.63, 3.8) is 0 Å². The Morgan fingerprint density at radius 3 is 2.56 bits per heavy atom. The molecule has 0 bridgehead atoms. The van der Waals surface area contributed by atoms with Gasteiger partial charge in [-0.25, -0.2) is 0 Å². The monoisotopic (exact) mass is 239 g/mol. The Kier molecular flexibility index (Phi) is 5.86. The van der Waals surface area contributed by atoms with Crippen molar-refractivity contribution >= 4 is 11.6 Å². The van der Waals surface area contributed by atoms with Gasteiger partial charge in [-0.2, -0.15) is 0 Å². The van der Waals surface area contributed by atoms with Gasteiger partial charge < -0.3 is 5.32 Å². The Hall–Kier alpha value is -0.530. The van der Waals surface area contributed by atoms with Crippen molar-refractivity contribution < 1.29 is 0 Å². The van der Waals surface area contributed by atoms with Crippen LogP contribution in [0.4, 0.5) is 0 Å². The van der Waals surface area contributed by atoms with E-state index in [1.165, 1.54) is 18.4 Å². The zero-order chi connectivity index (χ0) is 12.0. The van der Waals surface area contributed by atoms with Crippen LogP contribution in [0, 0.1) is 5.92 Å². The first-order valence-corrected chi connectivity index (χ1v) is 6.41. The van der Waals surface area contributed by atoms with Crippen LogP contribution in [0.1, 0.15) is 32.3 Å². The van der Waals surface area contributed by atoms with E-state index in [0.29, 0.717) is 6.04 Å². The van der Waals surface area contributed by atoms with E-state index in [1.807, 2.05) is 19.2 Å². The highest BCUT2D eigenvalue weighted by molar-refractivity contribution is 6.30. The number of likely N-dealkylation sites (N-methyl/N-ethyl adjacent to an activating group) is 1. The Morgan fingerprint density at radius 1 is 1.25 bits per heavy atom. The number of hydrogen-bond donors (Lipinski definition) is 1. The molecule has 0 saturated heterocycles. The molecule has 0 aliphatic carbocycles. The summed E-state index contributed by atoms with van der Waals surface area (Å²) in [4.78, 5) is 0. The molecule has 2 heteroatoms. The number of benzene rings is 1. The van der Waals surface area contributed by atoms with Gasteiger partial charge in [0.25, 0.3) is 0 Å². The summed E-state index contributed by atoms with van der Waals surface area (Å²) < 4.78 is 0. The number of rotatable bonds is 6. The third-order valence-electron chi connectivity index (χ3n) is 2.87. The molecule has 0 aromatic heterocycles. The minimum Gasteiger partial charge on any atom is -0.317 e. The van der Waals surface area contributed by atoms with Crippen LogP contribution in [-0.2, 0) is 6.42 Å². The van der Waals surface area contributed by atoms with Gasteiger partial charge in [0.15, 0.2) is 0 Å². The minimum atomic E-state index is 0.556. The first-order chi connectivity index (χ1) is 7.61. The first-order valence-electron chi connectivity index (χ1n) is 6.03. The average molecular weight is 240 g/mol. The van der Waals surface area contributed by atoms with E-state index < -0.39 is 0 Å². The van der Waals surface area contributed by atoms with Gasteiger partial charge in [0.05, 0.1) is 0 Å². The Labute approximate surface area is 104 Å². The molecular formula is C14H22ClN. The van der Waals surface area contributed by atoms with Crippen LogP contribution in [0.15, 0.2) is 24.3 Å². The Balaban J connectivity index is 2.49. The predicted molar refractivity (Wildman–Crippen MR) is 72.1 cm³/mol. The van der Waals surface area contributed by atoms with Crippen molar-refractivity contribution in [3.05, 3.63) is 34.9 Å². The number of hydrogen-bond acceptors (Lipinski definition) is 1. The van der Waals surface area contributed by atoms with Crippen molar-refractivity contribution in [2.45, 2.75) is 39.2 Å². The van der Waals surface area contributed by atoms with Gasteiger partial charge in [0.1, 0.15) is 0 Å². The van der Waals surface area contributed by atoms with E-state index in [2.05, 4.69) is 31.3 Å². The molecule has 1 atom stereocenters. The van der Waals surface area contributed by atoms with E-state index in [1.54, 1.807) is 0 Å². The lowest BCUT2D eigenvalue weighted by Crippen LogP contribution is -2.27. The fourth-order valence-corrected chi connectivity index (χ4v) is 2.04. The van der Waals surface area contributed by atoms with Gasteiger partial charge in [-0.05, 0) is 49.9 Å². The van der Waals surface area contributed by atoms with E-state index >= 15 is 0 Å². The van der Waals surface area contributed by atoms with Crippen LogP contribution in [0.2, 0.25) is 5.02 Å². The molecule has 0 heterocycles. The van der Waals surface area contributed by atoms with E-state index in [0.717, 1.165) is 17.4 Å². The van der Waals surface area contributed by atoms with Crippen LogP contribution in [0.3, 0.4) is 0 Å². The predicted octanol–water partition coefficient (Wildman–Crippen LogP) is 3.91. The summed E-state index contributed by atoms with van der Waals surface area (Å²) in [5, 5.41) is 4.21. The summed E-state index contributed by atoms with van der Waals surface area (Å²) in [6.45, 7) is 4.54. The van der Waals surface area contributed by atoms with Crippen molar-refractivity contribution in [3.8, 4) is 0 Å². The molecule has 0 fully saturated rings. The fourth-order valence-electron chi connectivity index (χ4n) is 1.83. The van der Waals surface area contributed by atoms with Crippen LogP contribution >= 0.6 is 11.6 Å². The summed E-state index contributed by atoms with van der Waals surface area (Å²) in [6, 6.07) is 8.70. The molecule has 1 N–H and O–H groups in total. The number of nitrogens with one attached hydrogen (secondary N) is 1. The van der Waals surface area contributed by atoms with Crippen molar-refractivity contribution in [1.82, 2.24) is 5.32 Å². The SMILES string of the molecule is CNC(CCC(C)C)Cc1cccc(Cl)c1. The maximum absolute atomic E-state index is 5.98. The fraction of sp³-hybridized carbons (Fsp3) is 0.571. The molecule has 16 heavy (non-hydrogen) atoms. The molecule has 1 aromatic carbocycles. The van der Waals surface area contributed by atoms with E-state index in [4.69, 9.17) is 11.6 Å². The van der Waals surface area contributed by atoms with Crippen molar-refractivity contribution in [1.29, 1.82) is 0 Å². The minimum absolute atomic E-state index is 0.556. The van der Waals surface area contributed by atoms with Crippen molar-refractivity contribution in [2.24, 2.45) is 5.92 Å². The molecule has 90 valence electrons. The van der Waals surface area contributed by atoms with E-state index in [-0.39, 0.29) is 0 Å². The van der Waals surface area contributed by atoms with Gasteiger partial charge in [-0.3, -0.25) is 0 Å². The largest absolute Gasteiger partial charge is 0.317 e. The smallest absolute Gasteiger partial charge is 0.0408 e. The van der Waals surface area contributed by atoms with Crippen molar-refractivity contribution in [2.75, 3.05) is 7.05 Å². The number of halogens is 1. The second kappa shape index (κ2) is 6.93. The molecule has 0 radical (unpaired) electrons. The second-order valence-corrected chi connectivity index (χ2v) is 5.23. The molecule has 0 aliphatic heterocycles. The van der Waals surface area contributed by atoms with Gasteiger partial charge >= 0.3 is 0 Å². The van der Waals surface area contributed by atoms with E-state index in [9.17, 15) is 0 Å². The lowest BCUT2D eigenvalue weighted by Gasteiger charge is -2.17. The molecule has 0 aliphatic rings. The third kappa shape index (κ3) is 5.00. The lowest BCUT2D eigenvalue weighted by molar-refractivity contribution is 0.451. The van der Waals surface area contributed by atoms with Crippen LogP contribution in [0.5, 0.6) is 0 Å². The highest BCUT2D eigenvalue weighted by Gasteiger charge is 2.08. The molecule has 1 unspecified atom stereocenters. The molecule has 1 rings (SSSR count).